The van der Waals surface area contributed by atoms with Crippen molar-refractivity contribution in [1.82, 2.24) is 4.98 Å². The first-order chi connectivity index (χ1) is 8.15. The highest BCUT2D eigenvalue weighted by molar-refractivity contribution is 5.79. The molecule has 0 saturated carbocycles. The summed E-state index contributed by atoms with van der Waals surface area (Å²) >= 11 is 0. The number of anilines is 2. The minimum atomic E-state index is 0.220. The number of hydrogen-bond donors (Lipinski definition) is 2. The fourth-order valence-corrected chi connectivity index (χ4v) is 1.70. The Morgan fingerprint density at radius 3 is 2.41 bits per heavy atom. The quantitative estimate of drug-likeness (QED) is 0.776. The summed E-state index contributed by atoms with van der Waals surface area (Å²) in [5, 5.41) is 8.96. The third-order valence-corrected chi connectivity index (χ3v) is 2.68. The van der Waals surface area contributed by atoms with Gasteiger partial charge in [-0.15, -0.1) is 0 Å². The van der Waals surface area contributed by atoms with Crippen molar-refractivity contribution in [2.45, 2.75) is 6.92 Å². The van der Waals surface area contributed by atoms with Gasteiger partial charge in [0.15, 0.2) is 0 Å². The van der Waals surface area contributed by atoms with E-state index < -0.39 is 0 Å². The summed E-state index contributed by atoms with van der Waals surface area (Å²) in [6, 6.07) is 11.6. The lowest BCUT2D eigenvalue weighted by molar-refractivity contribution is 1.27. The summed E-state index contributed by atoms with van der Waals surface area (Å²) in [6.45, 7) is 1.78. The summed E-state index contributed by atoms with van der Waals surface area (Å²) in [5.74, 6) is 0.220. The van der Waals surface area contributed by atoms with Crippen LogP contribution < -0.4 is 11.5 Å². The SMILES string of the molecule is Cc1c(N)c(-c2ccccc2)nc(N)c1C#N. The van der Waals surface area contributed by atoms with Crippen LogP contribution >= 0.6 is 0 Å². The molecule has 0 radical (unpaired) electrons. The molecule has 0 aliphatic rings. The molecule has 0 aliphatic carbocycles. The number of nitrogen functional groups attached to an aromatic ring is 2. The topological polar surface area (TPSA) is 88.7 Å². The van der Waals surface area contributed by atoms with Crippen LogP contribution in [0.4, 0.5) is 11.5 Å². The number of nitriles is 1. The third kappa shape index (κ3) is 1.79. The summed E-state index contributed by atoms with van der Waals surface area (Å²) in [4.78, 5) is 4.20. The zero-order valence-corrected chi connectivity index (χ0v) is 9.44. The van der Waals surface area contributed by atoms with E-state index in [0.29, 0.717) is 22.5 Å². The molecule has 4 nitrogen and oxygen atoms in total. The molecular weight excluding hydrogens is 212 g/mol. The van der Waals surface area contributed by atoms with E-state index in [4.69, 9.17) is 16.7 Å². The molecule has 0 fully saturated rings. The van der Waals surface area contributed by atoms with Gasteiger partial charge in [0.1, 0.15) is 11.9 Å². The zero-order valence-electron chi connectivity index (χ0n) is 9.44. The van der Waals surface area contributed by atoms with Crippen LogP contribution in [0, 0.1) is 18.3 Å². The second-order valence-electron chi connectivity index (χ2n) is 3.74. The number of benzene rings is 1. The number of pyridine rings is 1. The van der Waals surface area contributed by atoms with Gasteiger partial charge in [0.05, 0.1) is 16.9 Å². The maximum atomic E-state index is 8.96. The van der Waals surface area contributed by atoms with Crippen LogP contribution in [0.2, 0.25) is 0 Å². The maximum Gasteiger partial charge on any atom is 0.142 e. The normalized spacial score (nSPS) is 9.88. The van der Waals surface area contributed by atoms with Crippen LogP contribution in [0.3, 0.4) is 0 Å². The zero-order chi connectivity index (χ0) is 12.4. The minimum absolute atomic E-state index is 0.220. The van der Waals surface area contributed by atoms with E-state index in [1.807, 2.05) is 36.4 Å². The summed E-state index contributed by atoms with van der Waals surface area (Å²) in [6.07, 6.45) is 0. The molecular formula is C13H12N4. The highest BCUT2D eigenvalue weighted by Crippen LogP contribution is 2.30. The van der Waals surface area contributed by atoms with Gasteiger partial charge < -0.3 is 11.5 Å². The van der Waals surface area contributed by atoms with E-state index in [9.17, 15) is 0 Å². The van der Waals surface area contributed by atoms with Gasteiger partial charge in [0.2, 0.25) is 0 Å². The van der Waals surface area contributed by atoms with Crippen molar-refractivity contribution in [2.24, 2.45) is 0 Å². The Bertz CT molecular complexity index is 597. The van der Waals surface area contributed by atoms with Crippen molar-refractivity contribution < 1.29 is 0 Å². The van der Waals surface area contributed by atoms with Gasteiger partial charge in [-0.05, 0) is 12.5 Å². The van der Waals surface area contributed by atoms with Crippen LogP contribution in [-0.2, 0) is 0 Å². The van der Waals surface area contributed by atoms with Crippen LogP contribution in [0.25, 0.3) is 11.3 Å². The molecule has 0 atom stereocenters. The van der Waals surface area contributed by atoms with E-state index in [2.05, 4.69) is 4.98 Å². The predicted molar refractivity (Wildman–Crippen MR) is 67.9 cm³/mol. The van der Waals surface area contributed by atoms with Gasteiger partial charge in [0.25, 0.3) is 0 Å². The highest BCUT2D eigenvalue weighted by atomic mass is 14.9. The summed E-state index contributed by atoms with van der Waals surface area (Å²) in [7, 11) is 0. The average molecular weight is 224 g/mol. The molecule has 0 aliphatic heterocycles. The molecule has 0 bridgehead atoms. The number of rotatable bonds is 1. The molecule has 0 spiro atoms. The van der Waals surface area contributed by atoms with Crippen molar-refractivity contribution in [2.75, 3.05) is 11.5 Å². The highest BCUT2D eigenvalue weighted by Gasteiger charge is 2.13. The molecule has 84 valence electrons. The average Bonchev–Trinajstić information content (AvgIpc) is 2.35. The molecule has 4 N–H and O–H groups in total. The Kier molecular flexibility index (Phi) is 2.67. The first-order valence-corrected chi connectivity index (χ1v) is 5.16. The Balaban J connectivity index is 2.71. The van der Waals surface area contributed by atoms with Gasteiger partial charge in [0, 0.05) is 5.56 Å². The molecule has 4 heteroatoms. The first-order valence-electron chi connectivity index (χ1n) is 5.16. The third-order valence-electron chi connectivity index (χ3n) is 2.68. The van der Waals surface area contributed by atoms with E-state index in [1.54, 1.807) is 6.92 Å². The van der Waals surface area contributed by atoms with Crippen LogP contribution in [0.15, 0.2) is 30.3 Å². The fourth-order valence-electron chi connectivity index (χ4n) is 1.70. The number of nitrogens with zero attached hydrogens (tertiary/aromatic N) is 2. The van der Waals surface area contributed by atoms with Gasteiger partial charge in [-0.3, -0.25) is 0 Å². The summed E-state index contributed by atoms with van der Waals surface area (Å²) < 4.78 is 0. The molecule has 1 aromatic heterocycles. The number of aromatic nitrogens is 1. The fraction of sp³-hybridized carbons (Fsp3) is 0.0769. The molecule has 1 heterocycles. The van der Waals surface area contributed by atoms with Gasteiger partial charge in [-0.2, -0.15) is 5.26 Å². The van der Waals surface area contributed by atoms with Gasteiger partial charge in [-0.25, -0.2) is 4.98 Å². The lowest BCUT2D eigenvalue weighted by Gasteiger charge is -2.11. The molecule has 1 aromatic carbocycles. The Morgan fingerprint density at radius 2 is 1.82 bits per heavy atom. The van der Waals surface area contributed by atoms with Gasteiger partial charge in [-0.1, -0.05) is 30.3 Å². The van der Waals surface area contributed by atoms with Gasteiger partial charge >= 0.3 is 0 Å². The van der Waals surface area contributed by atoms with Crippen molar-refractivity contribution >= 4 is 11.5 Å². The monoisotopic (exact) mass is 224 g/mol. The van der Waals surface area contributed by atoms with Crippen molar-refractivity contribution in [3.63, 3.8) is 0 Å². The molecule has 17 heavy (non-hydrogen) atoms. The molecule has 2 aromatic rings. The maximum absolute atomic E-state index is 8.96. The smallest absolute Gasteiger partial charge is 0.142 e. The Morgan fingerprint density at radius 1 is 1.18 bits per heavy atom. The van der Waals surface area contributed by atoms with Crippen LogP contribution in [-0.4, -0.2) is 4.98 Å². The molecule has 2 rings (SSSR count). The molecule has 0 unspecified atom stereocenters. The van der Waals surface area contributed by atoms with Crippen molar-refractivity contribution in [3.05, 3.63) is 41.5 Å². The lowest BCUT2D eigenvalue weighted by Crippen LogP contribution is -2.04. The van der Waals surface area contributed by atoms with Crippen LogP contribution in [0.1, 0.15) is 11.1 Å². The first kappa shape index (κ1) is 11.0. The predicted octanol–water partition coefficient (Wildman–Crippen LogP) is 2.09. The second kappa shape index (κ2) is 4.14. The molecule has 0 amide bonds. The lowest BCUT2D eigenvalue weighted by atomic mass is 10.0. The minimum Gasteiger partial charge on any atom is -0.397 e. The Labute approximate surface area is 99.5 Å². The van der Waals surface area contributed by atoms with E-state index >= 15 is 0 Å². The van der Waals surface area contributed by atoms with Crippen molar-refractivity contribution in [3.8, 4) is 17.3 Å². The van der Waals surface area contributed by atoms with E-state index in [0.717, 1.165) is 5.56 Å². The second-order valence-corrected chi connectivity index (χ2v) is 3.74. The van der Waals surface area contributed by atoms with Crippen molar-refractivity contribution in [1.29, 1.82) is 5.26 Å². The standard InChI is InChI=1S/C13H12N4/c1-8-10(7-14)13(16)17-12(11(8)15)9-5-3-2-4-6-9/h2-6H,15H2,1H3,(H2,16,17). The van der Waals surface area contributed by atoms with Crippen LogP contribution in [0.5, 0.6) is 0 Å². The molecule has 0 saturated heterocycles. The number of hydrogen-bond acceptors (Lipinski definition) is 4. The van der Waals surface area contributed by atoms with E-state index in [-0.39, 0.29) is 5.82 Å². The van der Waals surface area contributed by atoms with E-state index in [1.165, 1.54) is 0 Å². The number of nitrogens with two attached hydrogens (primary N) is 2. The summed E-state index contributed by atoms with van der Waals surface area (Å²) in [5.41, 5.74) is 14.8. The Hall–Kier alpha value is -2.54. The largest absolute Gasteiger partial charge is 0.397 e.